The number of aliphatic hydroxyl groups excluding tert-OH is 1. The lowest BCUT2D eigenvalue weighted by Gasteiger charge is -2.26. The zero-order valence-electron chi connectivity index (χ0n) is 13.5. The van der Waals surface area contributed by atoms with Crippen molar-refractivity contribution in [1.82, 2.24) is 4.90 Å². The second-order valence-corrected chi connectivity index (χ2v) is 5.51. The van der Waals surface area contributed by atoms with Crippen LogP contribution in [0.4, 0.5) is 5.69 Å². The first-order valence-corrected chi connectivity index (χ1v) is 7.10. The molecule has 0 aliphatic carbocycles. The molecule has 0 unspecified atom stereocenters. The standard InChI is InChI=1S/C16H26N2O3/c1-11-6-7-14(8-12(11)2)17-16(20)13(3)18(4)9-15(19)10-21-5/h6-8,13,15,19H,9-10H2,1-5H3,(H,17,20)/t13-,15-/m0/s1. The zero-order chi connectivity index (χ0) is 16.0. The largest absolute Gasteiger partial charge is 0.389 e. The van der Waals surface area contributed by atoms with E-state index in [1.54, 1.807) is 12.0 Å². The number of likely N-dealkylation sites (N-methyl/N-ethyl adjacent to an activating group) is 1. The third kappa shape index (κ3) is 5.46. The molecular formula is C16H26N2O3. The molecule has 5 nitrogen and oxygen atoms in total. The minimum Gasteiger partial charge on any atom is -0.389 e. The van der Waals surface area contributed by atoms with Crippen LogP contribution >= 0.6 is 0 Å². The summed E-state index contributed by atoms with van der Waals surface area (Å²) < 4.78 is 4.89. The Kier molecular flexibility index (Phi) is 6.81. The van der Waals surface area contributed by atoms with Crippen LogP contribution in [0.1, 0.15) is 18.1 Å². The van der Waals surface area contributed by atoms with Gasteiger partial charge < -0.3 is 15.2 Å². The molecule has 21 heavy (non-hydrogen) atoms. The third-order valence-electron chi connectivity index (χ3n) is 3.67. The first-order chi connectivity index (χ1) is 9.85. The molecule has 0 radical (unpaired) electrons. The van der Waals surface area contributed by atoms with Gasteiger partial charge in [0.05, 0.1) is 18.8 Å². The van der Waals surface area contributed by atoms with Gasteiger partial charge in [-0.3, -0.25) is 9.69 Å². The van der Waals surface area contributed by atoms with Crippen molar-refractivity contribution >= 4 is 11.6 Å². The van der Waals surface area contributed by atoms with Crippen LogP contribution in [0.5, 0.6) is 0 Å². The first kappa shape index (κ1) is 17.6. The van der Waals surface area contributed by atoms with E-state index >= 15 is 0 Å². The fraction of sp³-hybridized carbons (Fsp3) is 0.562. The Morgan fingerprint density at radius 2 is 2.05 bits per heavy atom. The van der Waals surface area contributed by atoms with Gasteiger partial charge in [0.15, 0.2) is 0 Å². The van der Waals surface area contributed by atoms with E-state index in [9.17, 15) is 9.90 Å². The van der Waals surface area contributed by atoms with Gasteiger partial charge in [0.1, 0.15) is 0 Å². The summed E-state index contributed by atoms with van der Waals surface area (Å²) in [6.45, 7) is 6.51. The molecule has 0 saturated carbocycles. The number of aliphatic hydroxyl groups is 1. The predicted octanol–water partition coefficient (Wildman–Crippen LogP) is 1.57. The number of ether oxygens (including phenoxy) is 1. The van der Waals surface area contributed by atoms with E-state index in [1.165, 1.54) is 5.56 Å². The quantitative estimate of drug-likeness (QED) is 0.801. The lowest BCUT2D eigenvalue weighted by atomic mass is 10.1. The number of benzene rings is 1. The molecule has 2 atom stereocenters. The second-order valence-electron chi connectivity index (χ2n) is 5.51. The molecule has 1 aromatic carbocycles. The number of nitrogens with one attached hydrogen (secondary N) is 1. The highest BCUT2D eigenvalue weighted by molar-refractivity contribution is 5.94. The molecular weight excluding hydrogens is 268 g/mol. The maximum atomic E-state index is 12.2. The lowest BCUT2D eigenvalue weighted by molar-refractivity contribution is -0.120. The van der Waals surface area contributed by atoms with Gasteiger partial charge >= 0.3 is 0 Å². The molecule has 0 aliphatic rings. The number of methoxy groups -OCH3 is 1. The van der Waals surface area contributed by atoms with E-state index < -0.39 is 6.10 Å². The molecule has 0 heterocycles. The smallest absolute Gasteiger partial charge is 0.241 e. The van der Waals surface area contributed by atoms with Gasteiger partial charge in [0, 0.05) is 19.3 Å². The third-order valence-corrected chi connectivity index (χ3v) is 3.67. The number of carbonyl (C=O) groups excluding carboxylic acids is 1. The van der Waals surface area contributed by atoms with Crippen LogP contribution in [0.25, 0.3) is 0 Å². The van der Waals surface area contributed by atoms with Crippen molar-refractivity contribution in [2.45, 2.75) is 32.9 Å². The van der Waals surface area contributed by atoms with Crippen LogP contribution in [0.2, 0.25) is 0 Å². The SMILES string of the molecule is COC[C@@H](O)CN(C)[C@@H](C)C(=O)Nc1ccc(C)c(C)c1. The molecule has 1 aromatic rings. The fourth-order valence-corrected chi connectivity index (χ4v) is 2.00. The first-order valence-electron chi connectivity index (χ1n) is 7.10. The van der Waals surface area contributed by atoms with Crippen LogP contribution in [0.3, 0.4) is 0 Å². The zero-order valence-corrected chi connectivity index (χ0v) is 13.5. The number of hydrogen-bond donors (Lipinski definition) is 2. The van der Waals surface area contributed by atoms with Gasteiger partial charge in [-0.15, -0.1) is 0 Å². The molecule has 1 rings (SSSR count). The fourth-order valence-electron chi connectivity index (χ4n) is 2.00. The van der Waals surface area contributed by atoms with E-state index in [2.05, 4.69) is 5.32 Å². The number of carbonyl (C=O) groups is 1. The van der Waals surface area contributed by atoms with Gasteiger partial charge in [-0.1, -0.05) is 6.07 Å². The number of rotatable bonds is 7. The van der Waals surface area contributed by atoms with Crippen molar-refractivity contribution in [2.75, 3.05) is 32.6 Å². The maximum absolute atomic E-state index is 12.2. The van der Waals surface area contributed by atoms with Gasteiger partial charge in [0.2, 0.25) is 5.91 Å². The van der Waals surface area contributed by atoms with Gasteiger partial charge in [0.25, 0.3) is 0 Å². The van der Waals surface area contributed by atoms with E-state index in [4.69, 9.17) is 4.74 Å². The highest BCUT2D eigenvalue weighted by Crippen LogP contribution is 2.14. The van der Waals surface area contributed by atoms with E-state index in [-0.39, 0.29) is 18.6 Å². The summed E-state index contributed by atoms with van der Waals surface area (Å²) in [5.74, 6) is -0.0923. The number of amides is 1. The Labute approximate surface area is 126 Å². The molecule has 5 heteroatoms. The topological polar surface area (TPSA) is 61.8 Å². The maximum Gasteiger partial charge on any atom is 0.241 e. The van der Waals surface area contributed by atoms with Crippen LogP contribution in [0.15, 0.2) is 18.2 Å². The summed E-state index contributed by atoms with van der Waals surface area (Å²) in [7, 11) is 3.35. The predicted molar refractivity (Wildman–Crippen MR) is 84.5 cm³/mol. The van der Waals surface area contributed by atoms with E-state index in [0.717, 1.165) is 11.3 Å². The summed E-state index contributed by atoms with van der Waals surface area (Å²) in [6, 6.07) is 5.51. The highest BCUT2D eigenvalue weighted by Gasteiger charge is 2.20. The van der Waals surface area contributed by atoms with Crippen molar-refractivity contribution in [3.8, 4) is 0 Å². The molecule has 118 valence electrons. The van der Waals surface area contributed by atoms with Crippen LogP contribution in [-0.4, -0.2) is 55.4 Å². The molecule has 0 saturated heterocycles. The van der Waals surface area contributed by atoms with Crippen molar-refractivity contribution in [3.63, 3.8) is 0 Å². The second kappa shape index (κ2) is 8.12. The average Bonchev–Trinajstić information content (AvgIpc) is 2.42. The highest BCUT2D eigenvalue weighted by atomic mass is 16.5. The van der Waals surface area contributed by atoms with E-state index in [1.807, 2.05) is 46.0 Å². The summed E-state index contributed by atoms with van der Waals surface area (Å²) in [6.07, 6.45) is -0.600. The van der Waals surface area contributed by atoms with Gasteiger partial charge in [-0.25, -0.2) is 0 Å². The number of anilines is 1. The van der Waals surface area contributed by atoms with Gasteiger partial charge in [-0.2, -0.15) is 0 Å². The molecule has 0 bridgehead atoms. The van der Waals surface area contributed by atoms with Crippen LogP contribution in [-0.2, 0) is 9.53 Å². The molecule has 1 amide bonds. The van der Waals surface area contributed by atoms with Crippen LogP contribution in [0, 0.1) is 13.8 Å². The van der Waals surface area contributed by atoms with E-state index in [0.29, 0.717) is 6.54 Å². The molecule has 0 aromatic heterocycles. The lowest BCUT2D eigenvalue weighted by Crippen LogP contribution is -2.44. The Morgan fingerprint density at radius 1 is 1.38 bits per heavy atom. The number of aryl methyl sites for hydroxylation is 2. The van der Waals surface area contributed by atoms with Crippen LogP contribution < -0.4 is 5.32 Å². The van der Waals surface area contributed by atoms with Crippen molar-refractivity contribution in [1.29, 1.82) is 0 Å². The van der Waals surface area contributed by atoms with Crippen molar-refractivity contribution < 1.29 is 14.6 Å². The minimum absolute atomic E-state index is 0.0923. The number of nitrogens with zero attached hydrogens (tertiary/aromatic N) is 1. The monoisotopic (exact) mass is 294 g/mol. The molecule has 0 aliphatic heterocycles. The Balaban J connectivity index is 2.59. The summed E-state index contributed by atoms with van der Waals surface area (Å²) in [4.78, 5) is 14.0. The minimum atomic E-state index is -0.600. The van der Waals surface area contributed by atoms with Crippen molar-refractivity contribution in [3.05, 3.63) is 29.3 Å². The summed E-state index contributed by atoms with van der Waals surface area (Å²) in [5, 5.41) is 12.6. The Bertz CT molecular complexity index is 477. The molecule has 0 spiro atoms. The Morgan fingerprint density at radius 3 is 2.62 bits per heavy atom. The Hall–Kier alpha value is -1.43. The summed E-state index contributed by atoms with van der Waals surface area (Å²) >= 11 is 0. The normalized spacial score (nSPS) is 14.0. The number of hydrogen-bond acceptors (Lipinski definition) is 4. The van der Waals surface area contributed by atoms with Crippen molar-refractivity contribution in [2.24, 2.45) is 0 Å². The summed E-state index contributed by atoms with van der Waals surface area (Å²) in [5.41, 5.74) is 3.13. The van der Waals surface area contributed by atoms with Gasteiger partial charge in [-0.05, 0) is 51.1 Å². The average molecular weight is 294 g/mol. The molecule has 2 N–H and O–H groups in total. The molecule has 0 fully saturated rings.